The lowest BCUT2D eigenvalue weighted by Gasteiger charge is -2.09. The lowest BCUT2D eigenvalue weighted by atomic mass is 10.1. The second-order valence-electron chi connectivity index (χ2n) is 6.48. The number of ether oxygens (including phenoxy) is 1. The highest BCUT2D eigenvalue weighted by molar-refractivity contribution is 6.12. The largest absolute Gasteiger partial charge is 0.482 e. The van der Waals surface area contributed by atoms with E-state index in [0.29, 0.717) is 39.7 Å². The Bertz CT molecular complexity index is 1020. The molecule has 4 rings (SSSR count). The van der Waals surface area contributed by atoms with Gasteiger partial charge in [-0.15, -0.1) is 0 Å². The zero-order valence-electron chi connectivity index (χ0n) is 14.6. The first kappa shape index (κ1) is 17.0. The van der Waals surface area contributed by atoms with Crippen LogP contribution in [0.25, 0.3) is 11.1 Å². The van der Waals surface area contributed by atoms with E-state index in [1.807, 2.05) is 6.07 Å². The number of rotatable bonds is 6. The monoisotopic (exact) mass is 367 g/mol. The topological polar surface area (TPSA) is 115 Å². The zero-order chi connectivity index (χ0) is 19.0. The minimum atomic E-state index is -1.05. The fourth-order valence-electron chi connectivity index (χ4n) is 2.86. The van der Waals surface area contributed by atoms with Crippen LogP contribution in [-0.2, 0) is 4.79 Å². The van der Waals surface area contributed by atoms with Gasteiger partial charge in [-0.2, -0.15) is 0 Å². The number of aliphatic carboxylic acids is 1. The minimum Gasteiger partial charge on any atom is -0.482 e. The molecule has 1 amide bonds. The number of amides is 1. The average molecular weight is 367 g/mol. The van der Waals surface area contributed by atoms with Crippen LogP contribution in [0.3, 0.4) is 0 Å². The number of carboxylic acid groups (broad SMARTS) is 1. The normalized spacial score (nSPS) is 13.5. The molecule has 1 fully saturated rings. The van der Waals surface area contributed by atoms with Gasteiger partial charge in [-0.3, -0.25) is 4.79 Å². The van der Waals surface area contributed by atoms with Crippen LogP contribution in [-0.4, -0.2) is 33.7 Å². The van der Waals surface area contributed by atoms with Crippen molar-refractivity contribution in [3.05, 3.63) is 47.3 Å². The van der Waals surface area contributed by atoms with E-state index in [0.717, 1.165) is 18.5 Å². The maximum absolute atomic E-state index is 12.9. The van der Waals surface area contributed by atoms with Gasteiger partial charge in [0.25, 0.3) is 11.6 Å². The number of benzene rings is 1. The molecule has 0 atom stereocenters. The summed E-state index contributed by atoms with van der Waals surface area (Å²) in [6.45, 7) is 1.35. The Morgan fingerprint density at radius 3 is 2.70 bits per heavy atom. The quantitative estimate of drug-likeness (QED) is 0.688. The van der Waals surface area contributed by atoms with Crippen molar-refractivity contribution in [2.45, 2.75) is 25.7 Å². The Kier molecular flexibility index (Phi) is 4.23. The molecule has 1 aliphatic carbocycles. The van der Waals surface area contributed by atoms with E-state index in [-0.39, 0.29) is 5.91 Å². The third-order valence-corrected chi connectivity index (χ3v) is 4.35. The zero-order valence-corrected chi connectivity index (χ0v) is 14.6. The molecule has 1 saturated carbocycles. The molecule has 8 heteroatoms. The number of carbonyl (C=O) groups excluding carboxylic acids is 1. The van der Waals surface area contributed by atoms with Crippen LogP contribution < -0.4 is 10.1 Å². The Morgan fingerprint density at radius 1 is 1.30 bits per heavy atom. The van der Waals surface area contributed by atoms with Gasteiger partial charge in [-0.25, -0.2) is 9.78 Å². The van der Waals surface area contributed by atoms with E-state index in [1.54, 1.807) is 31.2 Å². The SMILES string of the molecule is Cc1noc2nc(C3CC3)cc(C(=O)Nc3ccc(OCC(=O)O)cc3)c12. The first-order valence-electron chi connectivity index (χ1n) is 8.54. The fraction of sp³-hybridized carbons (Fsp3) is 0.263. The smallest absolute Gasteiger partial charge is 0.341 e. The van der Waals surface area contributed by atoms with Crippen LogP contribution in [0.4, 0.5) is 5.69 Å². The summed E-state index contributed by atoms with van der Waals surface area (Å²) in [5, 5.41) is 16.0. The van der Waals surface area contributed by atoms with Crippen molar-refractivity contribution in [1.29, 1.82) is 0 Å². The van der Waals surface area contributed by atoms with E-state index in [4.69, 9.17) is 14.4 Å². The Hall–Kier alpha value is -3.42. The van der Waals surface area contributed by atoms with Gasteiger partial charge < -0.3 is 19.7 Å². The van der Waals surface area contributed by atoms with Crippen molar-refractivity contribution in [3.8, 4) is 5.75 Å². The number of pyridine rings is 1. The Labute approximate surface area is 154 Å². The molecule has 0 spiro atoms. The number of aromatic nitrogens is 2. The number of hydrogen-bond acceptors (Lipinski definition) is 6. The van der Waals surface area contributed by atoms with Gasteiger partial charge in [0.2, 0.25) is 0 Å². The summed E-state index contributed by atoms with van der Waals surface area (Å²) in [5.74, 6) is -0.552. The lowest BCUT2D eigenvalue weighted by molar-refractivity contribution is -0.139. The standard InChI is InChI=1S/C19H17N3O5/c1-10-17-14(8-15(11-2-3-11)21-19(17)27-22-10)18(25)20-12-4-6-13(7-5-12)26-9-16(23)24/h4-8,11H,2-3,9H2,1H3,(H,20,25)(H,23,24). The van der Waals surface area contributed by atoms with Gasteiger partial charge in [0, 0.05) is 17.3 Å². The number of carbonyl (C=O) groups is 2. The molecule has 1 aliphatic rings. The number of hydrogen-bond donors (Lipinski definition) is 2. The van der Waals surface area contributed by atoms with Crippen LogP contribution in [0.5, 0.6) is 5.75 Å². The van der Waals surface area contributed by atoms with Crippen molar-refractivity contribution in [1.82, 2.24) is 10.1 Å². The van der Waals surface area contributed by atoms with Crippen LogP contribution in [0.1, 0.15) is 40.5 Å². The highest BCUT2D eigenvalue weighted by Gasteiger charge is 2.28. The lowest BCUT2D eigenvalue weighted by Crippen LogP contribution is -2.13. The van der Waals surface area contributed by atoms with Crippen molar-refractivity contribution in [2.24, 2.45) is 0 Å². The molecule has 0 radical (unpaired) electrons. The molecule has 0 unspecified atom stereocenters. The Morgan fingerprint density at radius 2 is 2.04 bits per heavy atom. The van der Waals surface area contributed by atoms with Gasteiger partial charge in [-0.1, -0.05) is 5.16 Å². The first-order valence-corrected chi connectivity index (χ1v) is 8.54. The van der Waals surface area contributed by atoms with Gasteiger partial charge in [0.15, 0.2) is 6.61 Å². The van der Waals surface area contributed by atoms with Crippen LogP contribution in [0.15, 0.2) is 34.9 Å². The van der Waals surface area contributed by atoms with E-state index >= 15 is 0 Å². The molecule has 3 aromatic rings. The molecular formula is C19H17N3O5. The molecule has 0 saturated heterocycles. The number of fused-ring (bicyclic) bond motifs is 1. The molecule has 8 nitrogen and oxygen atoms in total. The van der Waals surface area contributed by atoms with E-state index in [2.05, 4.69) is 15.5 Å². The molecule has 0 bridgehead atoms. The summed E-state index contributed by atoms with van der Waals surface area (Å²) < 4.78 is 10.3. The summed E-state index contributed by atoms with van der Waals surface area (Å²) in [6.07, 6.45) is 2.12. The third-order valence-electron chi connectivity index (χ3n) is 4.35. The van der Waals surface area contributed by atoms with E-state index in [9.17, 15) is 9.59 Å². The summed E-state index contributed by atoms with van der Waals surface area (Å²) in [5.41, 5.74) is 2.88. The molecule has 2 aromatic heterocycles. The average Bonchev–Trinajstić information content (AvgIpc) is 3.44. The van der Waals surface area contributed by atoms with Gasteiger partial charge in [0.05, 0.1) is 16.6 Å². The Balaban J connectivity index is 1.57. The highest BCUT2D eigenvalue weighted by Crippen LogP contribution is 2.40. The second-order valence-corrected chi connectivity index (χ2v) is 6.48. The number of nitrogens with zero attached hydrogens (tertiary/aromatic N) is 2. The van der Waals surface area contributed by atoms with Gasteiger partial charge in [-0.05, 0) is 50.1 Å². The van der Waals surface area contributed by atoms with Crippen LogP contribution in [0.2, 0.25) is 0 Å². The number of carboxylic acids is 1. The number of anilines is 1. The van der Waals surface area contributed by atoms with Crippen LogP contribution >= 0.6 is 0 Å². The van der Waals surface area contributed by atoms with Crippen molar-refractivity contribution in [3.63, 3.8) is 0 Å². The summed E-state index contributed by atoms with van der Waals surface area (Å²) in [7, 11) is 0. The molecule has 27 heavy (non-hydrogen) atoms. The van der Waals surface area contributed by atoms with E-state index < -0.39 is 12.6 Å². The predicted octanol–water partition coefficient (Wildman–Crippen LogP) is 3.12. The summed E-state index contributed by atoms with van der Waals surface area (Å²) in [4.78, 5) is 27.9. The second kappa shape index (κ2) is 6.71. The molecule has 1 aromatic carbocycles. The molecular weight excluding hydrogens is 350 g/mol. The fourth-order valence-corrected chi connectivity index (χ4v) is 2.86. The third kappa shape index (κ3) is 3.59. The predicted molar refractivity (Wildman–Crippen MR) is 96.0 cm³/mol. The van der Waals surface area contributed by atoms with Crippen LogP contribution in [0, 0.1) is 6.92 Å². The van der Waals surface area contributed by atoms with Gasteiger partial charge in [0.1, 0.15) is 5.75 Å². The first-order chi connectivity index (χ1) is 13.0. The van der Waals surface area contributed by atoms with Gasteiger partial charge >= 0.3 is 5.97 Å². The number of aryl methyl sites for hydroxylation is 1. The van der Waals surface area contributed by atoms with Crippen molar-refractivity contribution >= 4 is 28.7 Å². The van der Waals surface area contributed by atoms with Crippen molar-refractivity contribution in [2.75, 3.05) is 11.9 Å². The number of nitrogens with one attached hydrogen (secondary N) is 1. The van der Waals surface area contributed by atoms with Crippen molar-refractivity contribution < 1.29 is 24.0 Å². The maximum atomic E-state index is 12.9. The molecule has 2 heterocycles. The summed E-state index contributed by atoms with van der Waals surface area (Å²) in [6, 6.07) is 8.30. The molecule has 0 aliphatic heterocycles. The molecule has 138 valence electrons. The molecule has 2 N–H and O–H groups in total. The minimum absolute atomic E-state index is 0.283. The highest BCUT2D eigenvalue weighted by atomic mass is 16.5. The van der Waals surface area contributed by atoms with E-state index in [1.165, 1.54) is 0 Å². The maximum Gasteiger partial charge on any atom is 0.341 e. The summed E-state index contributed by atoms with van der Waals surface area (Å²) >= 11 is 0.